The summed E-state index contributed by atoms with van der Waals surface area (Å²) in [7, 11) is 0. The van der Waals surface area contributed by atoms with Gasteiger partial charge in [0.1, 0.15) is 11.6 Å². The van der Waals surface area contributed by atoms with Crippen LogP contribution in [0.2, 0.25) is 0 Å². The van der Waals surface area contributed by atoms with E-state index in [-0.39, 0.29) is 5.56 Å². The Morgan fingerprint density at radius 2 is 2.25 bits per heavy atom. The van der Waals surface area contributed by atoms with Gasteiger partial charge in [-0.15, -0.1) is 0 Å². The number of nitrogens with zero attached hydrogens (tertiary/aromatic N) is 2. The third-order valence-corrected chi connectivity index (χ3v) is 4.44. The molecule has 1 aromatic carbocycles. The van der Waals surface area contributed by atoms with Crippen LogP contribution in [-0.4, -0.2) is 40.8 Å². The van der Waals surface area contributed by atoms with Crippen LogP contribution in [0.5, 0.6) is 5.75 Å². The lowest BCUT2D eigenvalue weighted by Crippen LogP contribution is -2.28. The fourth-order valence-electron chi connectivity index (χ4n) is 3.07. The van der Waals surface area contributed by atoms with Gasteiger partial charge in [-0.25, -0.2) is 9.49 Å². The van der Waals surface area contributed by atoms with Crippen molar-refractivity contribution >= 4 is 0 Å². The zero-order valence-corrected chi connectivity index (χ0v) is 13.8. The van der Waals surface area contributed by atoms with Crippen LogP contribution in [0.3, 0.4) is 0 Å². The van der Waals surface area contributed by atoms with Crippen molar-refractivity contribution in [1.82, 2.24) is 15.1 Å². The van der Waals surface area contributed by atoms with Gasteiger partial charge in [0.2, 0.25) is 0 Å². The van der Waals surface area contributed by atoms with E-state index in [9.17, 15) is 9.18 Å². The predicted molar refractivity (Wildman–Crippen MR) is 90.6 cm³/mol. The second kappa shape index (κ2) is 7.57. The summed E-state index contributed by atoms with van der Waals surface area (Å²) in [5.41, 5.74) is 0.414. The first-order chi connectivity index (χ1) is 11.6. The van der Waals surface area contributed by atoms with Crippen molar-refractivity contribution in [1.29, 1.82) is 0 Å². The molecule has 0 saturated carbocycles. The van der Waals surface area contributed by atoms with E-state index in [1.54, 1.807) is 12.1 Å². The largest absolute Gasteiger partial charge is 0.493 e. The third-order valence-electron chi connectivity index (χ3n) is 4.44. The third kappa shape index (κ3) is 4.00. The molecule has 0 amide bonds. The minimum Gasteiger partial charge on any atom is -0.493 e. The predicted octanol–water partition coefficient (Wildman–Crippen LogP) is 2.83. The summed E-state index contributed by atoms with van der Waals surface area (Å²) >= 11 is 0. The standard InChI is InChI=1S/C18H22FN3O2/c1-13-4-2-9-22(13)10-3-11-24-14-5-6-15(16(19)12-14)17-7-8-18(23)21-20-17/h5-8,12-13H,2-4,9-11H2,1H3,(H,21,23)/t13-/m1/s1. The summed E-state index contributed by atoms with van der Waals surface area (Å²) in [6.07, 6.45) is 3.47. The lowest BCUT2D eigenvalue weighted by atomic mass is 10.1. The van der Waals surface area contributed by atoms with Gasteiger partial charge in [-0.2, -0.15) is 5.10 Å². The van der Waals surface area contributed by atoms with Gasteiger partial charge in [-0.3, -0.25) is 4.79 Å². The van der Waals surface area contributed by atoms with Crippen LogP contribution in [0.15, 0.2) is 35.1 Å². The first kappa shape index (κ1) is 16.6. The monoisotopic (exact) mass is 331 g/mol. The van der Waals surface area contributed by atoms with Gasteiger partial charge in [0.05, 0.1) is 12.3 Å². The summed E-state index contributed by atoms with van der Waals surface area (Å²) in [4.78, 5) is 13.5. The first-order valence-corrected chi connectivity index (χ1v) is 8.36. The second-order valence-corrected chi connectivity index (χ2v) is 6.18. The minimum atomic E-state index is -0.416. The number of benzene rings is 1. The molecule has 2 heterocycles. The summed E-state index contributed by atoms with van der Waals surface area (Å²) in [5.74, 6) is 0.0929. The number of H-pyrrole nitrogens is 1. The van der Waals surface area contributed by atoms with Gasteiger partial charge in [0.25, 0.3) is 5.56 Å². The number of rotatable bonds is 6. The SMILES string of the molecule is C[C@@H]1CCCN1CCCOc1ccc(-c2ccc(=O)[nH]n2)c(F)c1. The molecule has 3 rings (SSSR count). The molecule has 0 bridgehead atoms. The Bertz CT molecular complexity index is 727. The smallest absolute Gasteiger partial charge is 0.264 e. The molecule has 0 aliphatic carbocycles. The molecule has 2 aromatic rings. The minimum absolute atomic E-state index is 0.313. The lowest BCUT2D eigenvalue weighted by Gasteiger charge is -2.20. The molecule has 0 unspecified atom stereocenters. The highest BCUT2D eigenvalue weighted by molar-refractivity contribution is 5.60. The van der Waals surface area contributed by atoms with Gasteiger partial charge in [0.15, 0.2) is 0 Å². The fraction of sp³-hybridized carbons (Fsp3) is 0.444. The first-order valence-electron chi connectivity index (χ1n) is 8.36. The van der Waals surface area contributed by atoms with Crippen LogP contribution < -0.4 is 10.3 Å². The molecular weight excluding hydrogens is 309 g/mol. The summed E-state index contributed by atoms with van der Waals surface area (Å²) in [6, 6.07) is 8.19. The molecule has 1 atom stereocenters. The van der Waals surface area contributed by atoms with Gasteiger partial charge in [-0.05, 0) is 50.9 Å². The highest BCUT2D eigenvalue weighted by atomic mass is 19.1. The van der Waals surface area contributed by atoms with Crippen molar-refractivity contribution in [2.24, 2.45) is 0 Å². The Morgan fingerprint density at radius 3 is 2.92 bits per heavy atom. The van der Waals surface area contributed by atoms with Gasteiger partial charge in [0, 0.05) is 30.3 Å². The quantitative estimate of drug-likeness (QED) is 0.827. The normalized spacial score (nSPS) is 18.0. The van der Waals surface area contributed by atoms with Crippen molar-refractivity contribution < 1.29 is 9.13 Å². The highest BCUT2D eigenvalue weighted by Gasteiger charge is 2.19. The van der Waals surface area contributed by atoms with E-state index in [0.29, 0.717) is 29.7 Å². The summed E-state index contributed by atoms with van der Waals surface area (Å²) in [6.45, 7) is 5.01. The molecule has 1 N–H and O–H groups in total. The molecule has 1 saturated heterocycles. The number of ether oxygens (including phenoxy) is 1. The number of hydrogen-bond acceptors (Lipinski definition) is 4. The van der Waals surface area contributed by atoms with Gasteiger partial charge >= 0.3 is 0 Å². The van der Waals surface area contributed by atoms with Crippen LogP contribution in [0.4, 0.5) is 4.39 Å². The van der Waals surface area contributed by atoms with Crippen LogP contribution in [0.25, 0.3) is 11.3 Å². The number of hydrogen-bond donors (Lipinski definition) is 1. The highest BCUT2D eigenvalue weighted by Crippen LogP contribution is 2.24. The van der Waals surface area contributed by atoms with Crippen LogP contribution >= 0.6 is 0 Å². The van der Waals surface area contributed by atoms with E-state index in [2.05, 4.69) is 22.0 Å². The van der Waals surface area contributed by atoms with E-state index >= 15 is 0 Å². The molecule has 24 heavy (non-hydrogen) atoms. The van der Waals surface area contributed by atoms with Crippen LogP contribution in [0.1, 0.15) is 26.2 Å². The zero-order chi connectivity index (χ0) is 16.9. The molecule has 1 aliphatic heterocycles. The molecule has 1 aromatic heterocycles. The van der Waals surface area contributed by atoms with Gasteiger partial charge < -0.3 is 9.64 Å². The van der Waals surface area contributed by atoms with E-state index < -0.39 is 5.82 Å². The summed E-state index contributed by atoms with van der Waals surface area (Å²) < 4.78 is 19.9. The average Bonchev–Trinajstić information content (AvgIpc) is 2.98. The van der Waals surface area contributed by atoms with Crippen LogP contribution in [0, 0.1) is 5.82 Å². The van der Waals surface area contributed by atoms with Gasteiger partial charge in [-0.1, -0.05) is 0 Å². The van der Waals surface area contributed by atoms with Crippen LogP contribution in [-0.2, 0) is 0 Å². The van der Waals surface area contributed by atoms with E-state index in [1.165, 1.54) is 31.0 Å². The van der Waals surface area contributed by atoms with E-state index in [0.717, 1.165) is 19.5 Å². The Balaban J connectivity index is 1.54. The lowest BCUT2D eigenvalue weighted by molar-refractivity contribution is 0.230. The Labute approximate surface area is 140 Å². The average molecular weight is 331 g/mol. The number of likely N-dealkylation sites (tertiary alicyclic amines) is 1. The number of aromatic nitrogens is 2. The fourth-order valence-corrected chi connectivity index (χ4v) is 3.07. The molecular formula is C18H22FN3O2. The Kier molecular flexibility index (Phi) is 5.25. The molecule has 0 radical (unpaired) electrons. The second-order valence-electron chi connectivity index (χ2n) is 6.18. The topological polar surface area (TPSA) is 58.2 Å². The zero-order valence-electron chi connectivity index (χ0n) is 13.8. The molecule has 1 fully saturated rings. The molecule has 5 nitrogen and oxygen atoms in total. The number of aromatic amines is 1. The van der Waals surface area contributed by atoms with Crippen molar-refractivity contribution in [3.63, 3.8) is 0 Å². The molecule has 6 heteroatoms. The number of nitrogens with one attached hydrogen (secondary N) is 1. The van der Waals surface area contributed by atoms with Crippen molar-refractivity contribution in [2.75, 3.05) is 19.7 Å². The molecule has 0 spiro atoms. The maximum atomic E-state index is 14.2. The van der Waals surface area contributed by atoms with Crippen molar-refractivity contribution in [2.45, 2.75) is 32.2 Å². The Morgan fingerprint density at radius 1 is 1.38 bits per heavy atom. The Hall–Kier alpha value is -2.21. The maximum Gasteiger partial charge on any atom is 0.264 e. The number of halogens is 1. The summed E-state index contributed by atoms with van der Waals surface area (Å²) in [5, 5.41) is 6.15. The molecule has 128 valence electrons. The maximum absolute atomic E-state index is 14.2. The van der Waals surface area contributed by atoms with Crippen molar-refractivity contribution in [3.05, 3.63) is 46.5 Å². The van der Waals surface area contributed by atoms with Crippen molar-refractivity contribution in [3.8, 4) is 17.0 Å². The van der Waals surface area contributed by atoms with E-state index in [1.807, 2.05) is 0 Å². The molecule has 1 aliphatic rings. The van der Waals surface area contributed by atoms with E-state index in [4.69, 9.17) is 4.74 Å².